The van der Waals surface area contributed by atoms with Gasteiger partial charge in [-0.05, 0) is 49.6 Å². The predicted molar refractivity (Wildman–Crippen MR) is 138 cm³/mol. The molecule has 0 aliphatic heterocycles. The molecule has 0 fully saturated rings. The number of carbonyl (C=O) groups is 2. The van der Waals surface area contributed by atoms with E-state index in [1.807, 2.05) is 20.8 Å². The third-order valence-electron chi connectivity index (χ3n) is 5.21. The Hall–Kier alpha value is -2.29. The van der Waals surface area contributed by atoms with E-state index in [0.717, 1.165) is 16.1 Å². The fourth-order valence-corrected chi connectivity index (χ4v) is 4.51. The van der Waals surface area contributed by atoms with Crippen LogP contribution in [-0.2, 0) is 26.2 Å². The Balaban J connectivity index is 2.39. The van der Waals surface area contributed by atoms with Gasteiger partial charge in [0.2, 0.25) is 21.8 Å². The first-order valence-electron chi connectivity index (χ1n) is 10.8. The van der Waals surface area contributed by atoms with Gasteiger partial charge in [0.1, 0.15) is 12.6 Å². The Morgan fingerprint density at radius 3 is 2.18 bits per heavy atom. The molecule has 10 heteroatoms. The van der Waals surface area contributed by atoms with E-state index in [1.54, 1.807) is 49.4 Å². The Labute approximate surface area is 212 Å². The fourth-order valence-electron chi connectivity index (χ4n) is 3.19. The lowest BCUT2D eigenvalue weighted by Crippen LogP contribution is -2.51. The number of nitrogens with one attached hydrogen (secondary N) is 1. The maximum absolute atomic E-state index is 13.5. The molecule has 2 aromatic rings. The first-order valence-corrected chi connectivity index (χ1v) is 13.5. The van der Waals surface area contributed by atoms with E-state index in [-0.39, 0.29) is 18.4 Å². The molecule has 1 atom stereocenters. The summed E-state index contributed by atoms with van der Waals surface area (Å²) < 4.78 is 26.1. The van der Waals surface area contributed by atoms with E-state index in [1.165, 1.54) is 4.90 Å². The topological polar surface area (TPSA) is 86.8 Å². The number of amides is 2. The maximum atomic E-state index is 13.5. The van der Waals surface area contributed by atoms with Gasteiger partial charge in [-0.25, -0.2) is 8.42 Å². The van der Waals surface area contributed by atoms with Crippen LogP contribution in [0.4, 0.5) is 5.69 Å². The molecule has 1 N–H and O–H groups in total. The standard InChI is InChI=1S/C24H31Cl2N3O4S/c1-16(2)13-27-24(31)18(4)28(14-19-8-9-20(25)12-22(19)26)23(30)15-29(34(5,32)33)21-10-6-17(3)7-11-21/h6-12,16,18H,13-15H2,1-5H3,(H,27,31)/t18-/m1/s1. The monoisotopic (exact) mass is 527 g/mol. The zero-order valence-electron chi connectivity index (χ0n) is 20.0. The number of sulfonamides is 1. The van der Waals surface area contributed by atoms with Crippen molar-refractivity contribution in [2.45, 2.75) is 40.3 Å². The Morgan fingerprint density at radius 2 is 1.65 bits per heavy atom. The van der Waals surface area contributed by atoms with Gasteiger partial charge < -0.3 is 10.2 Å². The molecule has 0 aliphatic carbocycles. The number of hydrogen-bond acceptors (Lipinski definition) is 4. The summed E-state index contributed by atoms with van der Waals surface area (Å²) in [6.07, 6.45) is 1.04. The number of rotatable bonds is 10. The van der Waals surface area contributed by atoms with Gasteiger partial charge in [-0.2, -0.15) is 0 Å². The van der Waals surface area contributed by atoms with Gasteiger partial charge >= 0.3 is 0 Å². The Kier molecular flexibility index (Phi) is 9.79. The second kappa shape index (κ2) is 11.9. The van der Waals surface area contributed by atoms with Crippen LogP contribution in [0, 0.1) is 12.8 Å². The largest absolute Gasteiger partial charge is 0.354 e. The van der Waals surface area contributed by atoms with Gasteiger partial charge in [-0.15, -0.1) is 0 Å². The summed E-state index contributed by atoms with van der Waals surface area (Å²) in [6, 6.07) is 10.8. The van der Waals surface area contributed by atoms with E-state index < -0.39 is 28.5 Å². The van der Waals surface area contributed by atoms with Crippen molar-refractivity contribution in [3.05, 3.63) is 63.6 Å². The molecule has 186 valence electrons. The normalized spacial score (nSPS) is 12.4. The molecule has 34 heavy (non-hydrogen) atoms. The maximum Gasteiger partial charge on any atom is 0.244 e. The van der Waals surface area contributed by atoms with Crippen molar-refractivity contribution in [2.24, 2.45) is 5.92 Å². The lowest BCUT2D eigenvalue weighted by Gasteiger charge is -2.32. The lowest BCUT2D eigenvalue weighted by molar-refractivity contribution is -0.139. The van der Waals surface area contributed by atoms with E-state index >= 15 is 0 Å². The zero-order chi connectivity index (χ0) is 25.6. The molecule has 0 saturated heterocycles. The average Bonchev–Trinajstić information content (AvgIpc) is 2.74. The van der Waals surface area contributed by atoms with Gasteiger partial charge in [0.05, 0.1) is 11.9 Å². The van der Waals surface area contributed by atoms with Gasteiger partial charge in [0.25, 0.3) is 0 Å². The number of halogens is 2. The summed E-state index contributed by atoms with van der Waals surface area (Å²) in [5.74, 6) is -0.647. The third kappa shape index (κ3) is 7.89. The van der Waals surface area contributed by atoms with Crippen molar-refractivity contribution >= 4 is 50.7 Å². The molecule has 7 nitrogen and oxygen atoms in total. The average molecular weight is 529 g/mol. The molecule has 0 spiro atoms. The van der Waals surface area contributed by atoms with Crippen molar-refractivity contribution in [1.29, 1.82) is 0 Å². The van der Waals surface area contributed by atoms with E-state index in [0.29, 0.717) is 27.8 Å². The second-order valence-electron chi connectivity index (χ2n) is 8.68. The number of hydrogen-bond donors (Lipinski definition) is 1. The minimum atomic E-state index is -3.77. The summed E-state index contributed by atoms with van der Waals surface area (Å²) in [5, 5.41) is 3.62. The molecule has 0 aromatic heterocycles. The van der Waals surface area contributed by atoms with E-state index in [9.17, 15) is 18.0 Å². The quantitative estimate of drug-likeness (QED) is 0.500. The minimum absolute atomic E-state index is 0.0105. The van der Waals surface area contributed by atoms with Crippen molar-refractivity contribution in [3.8, 4) is 0 Å². The SMILES string of the molecule is Cc1ccc(N(CC(=O)N(Cc2ccc(Cl)cc2Cl)[C@H](C)C(=O)NCC(C)C)S(C)(=O)=O)cc1. The van der Waals surface area contributed by atoms with Gasteiger partial charge in [0.15, 0.2) is 0 Å². The summed E-state index contributed by atoms with van der Waals surface area (Å²) >= 11 is 12.3. The Morgan fingerprint density at radius 1 is 1.03 bits per heavy atom. The summed E-state index contributed by atoms with van der Waals surface area (Å²) in [5.41, 5.74) is 1.91. The summed E-state index contributed by atoms with van der Waals surface area (Å²) in [6.45, 7) is 7.42. The number of carbonyl (C=O) groups excluding carboxylic acids is 2. The summed E-state index contributed by atoms with van der Waals surface area (Å²) in [4.78, 5) is 27.6. The molecule has 2 rings (SSSR count). The van der Waals surface area contributed by atoms with Crippen LogP contribution in [0.3, 0.4) is 0 Å². The van der Waals surface area contributed by atoms with Crippen molar-refractivity contribution < 1.29 is 18.0 Å². The van der Waals surface area contributed by atoms with Crippen LogP contribution >= 0.6 is 23.2 Å². The summed E-state index contributed by atoms with van der Waals surface area (Å²) in [7, 11) is -3.77. The number of anilines is 1. The van der Waals surface area contributed by atoms with E-state index in [2.05, 4.69) is 5.32 Å². The van der Waals surface area contributed by atoms with Gasteiger partial charge in [-0.3, -0.25) is 13.9 Å². The van der Waals surface area contributed by atoms with Crippen LogP contribution in [0.2, 0.25) is 10.0 Å². The molecular weight excluding hydrogens is 497 g/mol. The lowest BCUT2D eigenvalue weighted by atomic mass is 10.1. The molecule has 0 unspecified atom stereocenters. The van der Waals surface area contributed by atoms with Crippen molar-refractivity contribution in [3.63, 3.8) is 0 Å². The minimum Gasteiger partial charge on any atom is -0.354 e. The molecular formula is C24H31Cl2N3O4S. The predicted octanol–water partition coefficient (Wildman–Crippen LogP) is 4.26. The first-order chi connectivity index (χ1) is 15.8. The molecule has 0 saturated carbocycles. The highest BCUT2D eigenvalue weighted by molar-refractivity contribution is 7.92. The zero-order valence-corrected chi connectivity index (χ0v) is 22.3. The number of nitrogens with zero attached hydrogens (tertiary/aromatic N) is 2. The van der Waals surface area contributed by atoms with Crippen molar-refractivity contribution in [2.75, 3.05) is 23.7 Å². The highest BCUT2D eigenvalue weighted by Crippen LogP contribution is 2.24. The molecule has 0 bridgehead atoms. The highest BCUT2D eigenvalue weighted by Gasteiger charge is 2.30. The molecule has 0 radical (unpaired) electrons. The van der Waals surface area contributed by atoms with Crippen LogP contribution in [0.1, 0.15) is 31.9 Å². The number of benzene rings is 2. The van der Waals surface area contributed by atoms with Crippen LogP contribution in [0.15, 0.2) is 42.5 Å². The molecule has 2 amide bonds. The van der Waals surface area contributed by atoms with Gasteiger partial charge in [0, 0.05) is 23.1 Å². The smallest absolute Gasteiger partial charge is 0.244 e. The first kappa shape index (κ1) is 28.0. The van der Waals surface area contributed by atoms with Crippen LogP contribution in [0.25, 0.3) is 0 Å². The van der Waals surface area contributed by atoms with Crippen LogP contribution in [0.5, 0.6) is 0 Å². The molecule has 0 heterocycles. The fraction of sp³-hybridized carbons (Fsp3) is 0.417. The van der Waals surface area contributed by atoms with Crippen molar-refractivity contribution in [1.82, 2.24) is 10.2 Å². The third-order valence-corrected chi connectivity index (χ3v) is 6.94. The number of aryl methyl sites for hydroxylation is 1. The Bertz CT molecular complexity index is 1120. The molecule has 0 aliphatic rings. The van der Waals surface area contributed by atoms with E-state index in [4.69, 9.17) is 23.2 Å². The van der Waals surface area contributed by atoms with Gasteiger partial charge in [-0.1, -0.05) is 60.8 Å². The second-order valence-corrected chi connectivity index (χ2v) is 11.4. The molecule has 2 aromatic carbocycles. The van der Waals surface area contributed by atoms with Crippen LogP contribution in [-0.4, -0.2) is 50.5 Å². The van der Waals surface area contributed by atoms with Crippen LogP contribution < -0.4 is 9.62 Å². The highest BCUT2D eigenvalue weighted by atomic mass is 35.5.